The molecule has 0 amide bonds. The Morgan fingerprint density at radius 2 is 2.20 bits per heavy atom. The lowest BCUT2D eigenvalue weighted by Crippen LogP contribution is -2.14. The summed E-state index contributed by atoms with van der Waals surface area (Å²) in [5.41, 5.74) is 3.68. The highest BCUT2D eigenvalue weighted by Crippen LogP contribution is 2.15. The molecule has 1 aromatic heterocycles. The van der Waals surface area contributed by atoms with Crippen LogP contribution in [0.25, 0.3) is 0 Å². The van der Waals surface area contributed by atoms with Crippen LogP contribution in [0.4, 0.5) is 0 Å². The number of nitrogens with zero attached hydrogens (tertiary/aromatic N) is 2. The van der Waals surface area contributed by atoms with Crippen LogP contribution in [0.1, 0.15) is 30.2 Å². The molecule has 0 radical (unpaired) electrons. The van der Waals surface area contributed by atoms with Crippen LogP contribution in [0.2, 0.25) is 0 Å². The Kier molecular flexibility index (Phi) is 5.18. The SMILES string of the molecule is CCCNCc1cnn(Cc2cccc(OC)c2)c1C. The standard InChI is InChI=1S/C16H23N3O/c1-4-8-17-10-15-11-18-19(13(15)2)12-14-6-5-7-16(9-14)20-3/h5-7,9,11,17H,4,8,10,12H2,1-3H3. The highest BCUT2D eigenvalue weighted by molar-refractivity contribution is 5.29. The second kappa shape index (κ2) is 7.10. The molecule has 4 heteroatoms. The molecule has 0 fully saturated rings. The van der Waals surface area contributed by atoms with Gasteiger partial charge in [-0.05, 0) is 37.6 Å². The van der Waals surface area contributed by atoms with Crippen molar-refractivity contribution in [2.24, 2.45) is 0 Å². The summed E-state index contributed by atoms with van der Waals surface area (Å²) in [4.78, 5) is 0. The molecule has 1 N–H and O–H groups in total. The van der Waals surface area contributed by atoms with Gasteiger partial charge in [0, 0.05) is 17.8 Å². The third kappa shape index (κ3) is 3.61. The summed E-state index contributed by atoms with van der Waals surface area (Å²) < 4.78 is 7.29. The van der Waals surface area contributed by atoms with E-state index in [2.05, 4.69) is 36.4 Å². The van der Waals surface area contributed by atoms with Gasteiger partial charge in [0.25, 0.3) is 0 Å². The van der Waals surface area contributed by atoms with Crippen molar-refractivity contribution in [1.82, 2.24) is 15.1 Å². The molecule has 0 aliphatic carbocycles. The van der Waals surface area contributed by atoms with E-state index in [0.29, 0.717) is 0 Å². The number of hydrogen-bond donors (Lipinski definition) is 1. The van der Waals surface area contributed by atoms with Crippen LogP contribution >= 0.6 is 0 Å². The van der Waals surface area contributed by atoms with Gasteiger partial charge in [0.15, 0.2) is 0 Å². The summed E-state index contributed by atoms with van der Waals surface area (Å²) in [6.45, 7) is 7.00. The van der Waals surface area contributed by atoms with Gasteiger partial charge in [-0.2, -0.15) is 5.10 Å². The minimum Gasteiger partial charge on any atom is -0.497 e. The van der Waals surface area contributed by atoms with Crippen LogP contribution in [0.15, 0.2) is 30.5 Å². The monoisotopic (exact) mass is 273 g/mol. The number of benzene rings is 1. The van der Waals surface area contributed by atoms with Crippen molar-refractivity contribution in [3.63, 3.8) is 0 Å². The highest BCUT2D eigenvalue weighted by Gasteiger charge is 2.06. The number of methoxy groups -OCH3 is 1. The molecule has 20 heavy (non-hydrogen) atoms. The summed E-state index contributed by atoms with van der Waals surface area (Å²) in [6.07, 6.45) is 3.11. The van der Waals surface area contributed by atoms with Crippen LogP contribution in [0.3, 0.4) is 0 Å². The average Bonchev–Trinajstić information content (AvgIpc) is 2.81. The molecule has 2 rings (SSSR count). The third-order valence-electron chi connectivity index (χ3n) is 3.41. The third-order valence-corrected chi connectivity index (χ3v) is 3.41. The second-order valence-electron chi connectivity index (χ2n) is 4.94. The summed E-state index contributed by atoms with van der Waals surface area (Å²) in [6, 6.07) is 8.12. The van der Waals surface area contributed by atoms with E-state index >= 15 is 0 Å². The molecule has 0 saturated carbocycles. The zero-order valence-corrected chi connectivity index (χ0v) is 12.5. The van der Waals surface area contributed by atoms with Crippen molar-refractivity contribution in [3.8, 4) is 5.75 Å². The van der Waals surface area contributed by atoms with E-state index in [1.807, 2.05) is 23.0 Å². The van der Waals surface area contributed by atoms with Gasteiger partial charge in [-0.1, -0.05) is 19.1 Å². The van der Waals surface area contributed by atoms with Gasteiger partial charge in [0.05, 0.1) is 19.9 Å². The van der Waals surface area contributed by atoms with Crippen LogP contribution in [0, 0.1) is 6.92 Å². The highest BCUT2D eigenvalue weighted by atomic mass is 16.5. The Bertz CT molecular complexity index is 548. The summed E-state index contributed by atoms with van der Waals surface area (Å²) >= 11 is 0. The first kappa shape index (κ1) is 14.6. The molecule has 4 nitrogen and oxygen atoms in total. The van der Waals surface area contributed by atoms with Gasteiger partial charge < -0.3 is 10.1 Å². The maximum atomic E-state index is 5.25. The van der Waals surface area contributed by atoms with Crippen molar-refractivity contribution in [3.05, 3.63) is 47.3 Å². The first-order chi connectivity index (χ1) is 9.74. The Morgan fingerprint density at radius 1 is 1.35 bits per heavy atom. The fourth-order valence-corrected chi connectivity index (χ4v) is 2.16. The van der Waals surface area contributed by atoms with Crippen LogP contribution < -0.4 is 10.1 Å². The van der Waals surface area contributed by atoms with Crippen molar-refractivity contribution in [1.29, 1.82) is 0 Å². The van der Waals surface area contributed by atoms with E-state index in [1.165, 1.54) is 16.8 Å². The summed E-state index contributed by atoms with van der Waals surface area (Å²) in [5.74, 6) is 0.886. The zero-order chi connectivity index (χ0) is 14.4. The van der Waals surface area contributed by atoms with Crippen LogP contribution in [0.5, 0.6) is 5.75 Å². The average molecular weight is 273 g/mol. The quantitative estimate of drug-likeness (QED) is 0.788. The van der Waals surface area contributed by atoms with E-state index in [4.69, 9.17) is 4.74 Å². The van der Waals surface area contributed by atoms with Crippen molar-refractivity contribution in [2.45, 2.75) is 33.4 Å². The predicted molar refractivity (Wildman–Crippen MR) is 81.1 cm³/mol. The lowest BCUT2D eigenvalue weighted by Gasteiger charge is -2.08. The van der Waals surface area contributed by atoms with Crippen molar-refractivity contribution in [2.75, 3.05) is 13.7 Å². The fraction of sp³-hybridized carbons (Fsp3) is 0.438. The van der Waals surface area contributed by atoms with Gasteiger partial charge in [-0.3, -0.25) is 4.68 Å². The lowest BCUT2D eigenvalue weighted by atomic mass is 10.2. The van der Waals surface area contributed by atoms with E-state index in [1.54, 1.807) is 7.11 Å². The molecule has 108 valence electrons. The molecule has 0 aliphatic heterocycles. The minimum atomic E-state index is 0.775. The topological polar surface area (TPSA) is 39.1 Å². The Balaban J connectivity index is 2.05. The normalized spacial score (nSPS) is 10.8. The van der Waals surface area contributed by atoms with E-state index in [9.17, 15) is 0 Å². The van der Waals surface area contributed by atoms with E-state index in [-0.39, 0.29) is 0 Å². The van der Waals surface area contributed by atoms with E-state index in [0.717, 1.165) is 31.8 Å². The van der Waals surface area contributed by atoms with Gasteiger partial charge in [0.1, 0.15) is 5.75 Å². The largest absolute Gasteiger partial charge is 0.497 e. The number of rotatable bonds is 7. The maximum Gasteiger partial charge on any atom is 0.119 e. The molecule has 0 spiro atoms. The summed E-state index contributed by atoms with van der Waals surface area (Å²) in [5, 5.41) is 7.90. The van der Waals surface area contributed by atoms with Crippen LogP contribution in [-0.4, -0.2) is 23.4 Å². The molecule has 1 heterocycles. The number of nitrogens with one attached hydrogen (secondary N) is 1. The van der Waals surface area contributed by atoms with Crippen LogP contribution in [-0.2, 0) is 13.1 Å². The molecule has 1 aromatic carbocycles. The maximum absolute atomic E-state index is 5.25. The molecule has 0 aliphatic rings. The molecule has 0 unspecified atom stereocenters. The second-order valence-corrected chi connectivity index (χ2v) is 4.94. The number of aromatic nitrogens is 2. The first-order valence-electron chi connectivity index (χ1n) is 7.09. The molecular weight excluding hydrogens is 250 g/mol. The Hall–Kier alpha value is -1.81. The fourth-order valence-electron chi connectivity index (χ4n) is 2.16. The Morgan fingerprint density at radius 3 is 2.95 bits per heavy atom. The van der Waals surface area contributed by atoms with Gasteiger partial charge in [0.2, 0.25) is 0 Å². The minimum absolute atomic E-state index is 0.775. The number of ether oxygens (including phenoxy) is 1. The molecule has 0 bridgehead atoms. The van der Waals surface area contributed by atoms with E-state index < -0.39 is 0 Å². The molecule has 0 saturated heterocycles. The summed E-state index contributed by atoms with van der Waals surface area (Å²) in [7, 11) is 1.69. The van der Waals surface area contributed by atoms with Gasteiger partial charge >= 0.3 is 0 Å². The lowest BCUT2D eigenvalue weighted by molar-refractivity contribution is 0.414. The molecule has 2 aromatic rings. The zero-order valence-electron chi connectivity index (χ0n) is 12.5. The van der Waals surface area contributed by atoms with Crippen molar-refractivity contribution >= 4 is 0 Å². The smallest absolute Gasteiger partial charge is 0.119 e. The first-order valence-corrected chi connectivity index (χ1v) is 7.09. The Labute approximate surface area is 120 Å². The van der Waals surface area contributed by atoms with Gasteiger partial charge in [-0.25, -0.2) is 0 Å². The van der Waals surface area contributed by atoms with Crippen molar-refractivity contribution < 1.29 is 4.74 Å². The molecular formula is C16H23N3O. The predicted octanol–water partition coefficient (Wildman–Crippen LogP) is 2.75. The van der Waals surface area contributed by atoms with Gasteiger partial charge in [-0.15, -0.1) is 0 Å². The molecule has 0 atom stereocenters. The number of hydrogen-bond acceptors (Lipinski definition) is 3.